The fourth-order valence-electron chi connectivity index (χ4n) is 1.84. The van der Waals surface area contributed by atoms with E-state index in [9.17, 15) is 9.90 Å². The largest absolute Gasteiger partial charge is 0.487 e. The van der Waals surface area contributed by atoms with Crippen molar-refractivity contribution in [3.8, 4) is 5.75 Å². The molecule has 0 aliphatic heterocycles. The molecule has 0 saturated heterocycles. The van der Waals surface area contributed by atoms with E-state index in [1.165, 1.54) is 11.3 Å². The summed E-state index contributed by atoms with van der Waals surface area (Å²) in [6, 6.07) is 9.15. The van der Waals surface area contributed by atoms with E-state index in [0.29, 0.717) is 17.4 Å². The number of carboxylic acids is 1. The van der Waals surface area contributed by atoms with Gasteiger partial charge in [0.2, 0.25) is 0 Å². The Morgan fingerprint density at radius 1 is 1.40 bits per heavy atom. The lowest BCUT2D eigenvalue weighted by atomic mass is 10.2. The van der Waals surface area contributed by atoms with Gasteiger partial charge >= 0.3 is 5.97 Å². The number of hydrogen-bond donors (Lipinski definition) is 1. The first-order valence-corrected chi connectivity index (χ1v) is 7.53. The number of rotatable bonds is 6. The van der Waals surface area contributed by atoms with Crippen LogP contribution in [0.3, 0.4) is 0 Å². The van der Waals surface area contributed by atoms with Crippen LogP contribution in [0, 0.1) is 0 Å². The summed E-state index contributed by atoms with van der Waals surface area (Å²) < 4.78 is 5.64. The average Bonchev–Trinajstić information content (AvgIpc) is 2.80. The lowest BCUT2D eigenvalue weighted by Crippen LogP contribution is -1.99. The van der Waals surface area contributed by atoms with Gasteiger partial charge in [0, 0.05) is 9.90 Å². The Morgan fingerprint density at radius 3 is 2.85 bits per heavy atom. The van der Waals surface area contributed by atoms with Crippen molar-refractivity contribution in [3.63, 3.8) is 0 Å². The van der Waals surface area contributed by atoms with E-state index in [0.717, 1.165) is 23.3 Å². The Labute approximate surface area is 126 Å². The van der Waals surface area contributed by atoms with Gasteiger partial charge in [0.15, 0.2) is 4.88 Å². The summed E-state index contributed by atoms with van der Waals surface area (Å²) in [7, 11) is 0. The SMILES string of the molecule is CCCc1cc(OCc2cccc(Cl)c2)c(C(=O)O)s1. The number of ether oxygens (including phenoxy) is 1. The van der Waals surface area contributed by atoms with E-state index in [-0.39, 0.29) is 4.88 Å². The van der Waals surface area contributed by atoms with Crippen LogP contribution in [0.1, 0.15) is 33.5 Å². The number of hydrogen-bond acceptors (Lipinski definition) is 3. The van der Waals surface area contributed by atoms with Gasteiger partial charge in [-0.2, -0.15) is 0 Å². The predicted octanol–water partition coefficient (Wildman–Crippen LogP) is 4.63. The summed E-state index contributed by atoms with van der Waals surface area (Å²) in [4.78, 5) is 12.5. The van der Waals surface area contributed by atoms with Gasteiger partial charge in [-0.3, -0.25) is 0 Å². The van der Waals surface area contributed by atoms with Crippen molar-refractivity contribution in [2.24, 2.45) is 0 Å². The molecule has 5 heteroatoms. The van der Waals surface area contributed by atoms with E-state index in [1.807, 2.05) is 18.2 Å². The third-order valence-corrected chi connectivity index (χ3v) is 4.12. The molecule has 0 aliphatic carbocycles. The van der Waals surface area contributed by atoms with Crippen LogP contribution in [-0.4, -0.2) is 11.1 Å². The Bertz CT molecular complexity index is 607. The highest BCUT2D eigenvalue weighted by atomic mass is 35.5. The van der Waals surface area contributed by atoms with Crippen LogP contribution in [0.15, 0.2) is 30.3 Å². The van der Waals surface area contributed by atoms with Gasteiger partial charge in [-0.1, -0.05) is 37.1 Å². The molecule has 1 N–H and O–H groups in total. The molecule has 0 fully saturated rings. The van der Waals surface area contributed by atoms with Crippen LogP contribution < -0.4 is 4.74 Å². The molecule has 0 saturated carbocycles. The topological polar surface area (TPSA) is 46.5 Å². The molecule has 0 radical (unpaired) electrons. The Balaban J connectivity index is 2.13. The number of carboxylic acid groups (broad SMARTS) is 1. The molecule has 0 aliphatic rings. The molecule has 0 bridgehead atoms. The van der Waals surface area contributed by atoms with Crippen molar-refractivity contribution >= 4 is 28.9 Å². The number of aryl methyl sites for hydroxylation is 1. The molecule has 0 atom stereocenters. The summed E-state index contributed by atoms with van der Waals surface area (Å²) in [5, 5.41) is 9.84. The fourth-order valence-corrected chi connectivity index (χ4v) is 3.09. The van der Waals surface area contributed by atoms with Gasteiger partial charge in [-0.15, -0.1) is 11.3 Å². The van der Waals surface area contributed by atoms with Gasteiger partial charge < -0.3 is 9.84 Å². The molecule has 2 rings (SSSR count). The minimum absolute atomic E-state index is 0.260. The first kappa shape index (κ1) is 14.9. The Kier molecular flexibility index (Phi) is 5.04. The number of thiophene rings is 1. The smallest absolute Gasteiger partial charge is 0.349 e. The van der Waals surface area contributed by atoms with Crippen LogP contribution in [0.25, 0.3) is 0 Å². The lowest BCUT2D eigenvalue weighted by molar-refractivity contribution is 0.0697. The Hall–Kier alpha value is -1.52. The monoisotopic (exact) mass is 310 g/mol. The second-order valence-corrected chi connectivity index (χ2v) is 5.95. The van der Waals surface area contributed by atoms with Crippen LogP contribution in [0.2, 0.25) is 5.02 Å². The molecule has 1 aromatic carbocycles. The summed E-state index contributed by atoms with van der Waals surface area (Å²) in [6.07, 6.45) is 1.85. The van der Waals surface area contributed by atoms with Gasteiger partial charge in [-0.05, 0) is 30.2 Å². The first-order valence-electron chi connectivity index (χ1n) is 6.33. The normalized spacial score (nSPS) is 10.5. The predicted molar refractivity (Wildman–Crippen MR) is 81.1 cm³/mol. The molecule has 0 amide bonds. The molecular formula is C15H15ClO3S. The van der Waals surface area contributed by atoms with E-state index < -0.39 is 5.97 Å². The summed E-state index contributed by atoms with van der Waals surface area (Å²) in [6.45, 7) is 2.37. The lowest BCUT2D eigenvalue weighted by Gasteiger charge is -2.05. The summed E-state index contributed by atoms with van der Waals surface area (Å²) in [5.74, 6) is -0.510. The summed E-state index contributed by atoms with van der Waals surface area (Å²) in [5.41, 5.74) is 0.914. The standard InChI is InChI=1S/C15H15ClO3S/c1-2-4-12-8-13(14(20-12)15(17)18)19-9-10-5-3-6-11(16)7-10/h3,5-8H,2,4,9H2,1H3,(H,17,18). The highest BCUT2D eigenvalue weighted by Crippen LogP contribution is 2.31. The van der Waals surface area contributed by atoms with E-state index in [1.54, 1.807) is 12.1 Å². The van der Waals surface area contributed by atoms with Crippen molar-refractivity contribution in [1.29, 1.82) is 0 Å². The maximum Gasteiger partial charge on any atom is 0.349 e. The van der Waals surface area contributed by atoms with Gasteiger partial charge in [0.1, 0.15) is 12.4 Å². The second-order valence-electron chi connectivity index (χ2n) is 4.38. The molecule has 1 heterocycles. The van der Waals surface area contributed by atoms with E-state index in [2.05, 4.69) is 6.92 Å². The molecule has 0 unspecified atom stereocenters. The zero-order chi connectivity index (χ0) is 14.5. The second kappa shape index (κ2) is 6.77. The van der Waals surface area contributed by atoms with Crippen molar-refractivity contribution in [3.05, 3.63) is 50.7 Å². The highest BCUT2D eigenvalue weighted by molar-refractivity contribution is 7.14. The molecule has 1 aromatic heterocycles. The number of carbonyl (C=O) groups is 1. The third kappa shape index (κ3) is 3.74. The van der Waals surface area contributed by atoms with Crippen LogP contribution in [0.4, 0.5) is 0 Å². The van der Waals surface area contributed by atoms with Crippen molar-refractivity contribution in [2.45, 2.75) is 26.4 Å². The van der Waals surface area contributed by atoms with Crippen molar-refractivity contribution in [2.75, 3.05) is 0 Å². The van der Waals surface area contributed by atoms with E-state index >= 15 is 0 Å². The molecular weight excluding hydrogens is 296 g/mol. The van der Waals surface area contributed by atoms with E-state index in [4.69, 9.17) is 16.3 Å². The Morgan fingerprint density at radius 2 is 2.20 bits per heavy atom. The zero-order valence-electron chi connectivity index (χ0n) is 11.1. The number of aromatic carboxylic acids is 1. The fraction of sp³-hybridized carbons (Fsp3) is 0.267. The van der Waals surface area contributed by atoms with Crippen LogP contribution in [0.5, 0.6) is 5.75 Å². The van der Waals surface area contributed by atoms with Crippen molar-refractivity contribution < 1.29 is 14.6 Å². The first-order chi connectivity index (χ1) is 9.60. The summed E-state index contributed by atoms with van der Waals surface area (Å²) >= 11 is 7.19. The van der Waals surface area contributed by atoms with Gasteiger partial charge in [0.05, 0.1) is 0 Å². The van der Waals surface area contributed by atoms with Crippen LogP contribution in [-0.2, 0) is 13.0 Å². The molecule has 2 aromatic rings. The highest BCUT2D eigenvalue weighted by Gasteiger charge is 2.16. The minimum Gasteiger partial charge on any atom is -0.487 e. The molecule has 20 heavy (non-hydrogen) atoms. The quantitative estimate of drug-likeness (QED) is 0.846. The minimum atomic E-state index is -0.946. The van der Waals surface area contributed by atoms with Crippen LogP contribution >= 0.6 is 22.9 Å². The third-order valence-electron chi connectivity index (χ3n) is 2.72. The molecule has 3 nitrogen and oxygen atoms in total. The van der Waals surface area contributed by atoms with Crippen molar-refractivity contribution in [1.82, 2.24) is 0 Å². The van der Waals surface area contributed by atoms with Gasteiger partial charge in [-0.25, -0.2) is 4.79 Å². The van der Waals surface area contributed by atoms with Gasteiger partial charge in [0.25, 0.3) is 0 Å². The zero-order valence-corrected chi connectivity index (χ0v) is 12.6. The number of benzene rings is 1. The number of halogens is 1. The maximum absolute atomic E-state index is 11.2. The maximum atomic E-state index is 11.2. The average molecular weight is 311 g/mol. The molecule has 106 valence electrons. The molecule has 0 spiro atoms.